The van der Waals surface area contributed by atoms with Gasteiger partial charge in [-0.15, -0.1) is 0 Å². The second kappa shape index (κ2) is 10.5. The third-order valence-electron chi connectivity index (χ3n) is 8.10. The zero-order chi connectivity index (χ0) is 25.2. The zero-order valence-corrected chi connectivity index (χ0v) is 21.6. The summed E-state index contributed by atoms with van der Waals surface area (Å²) in [6.45, 7) is 5.85. The fourth-order valence-electron chi connectivity index (χ4n) is 6.03. The third-order valence-corrected chi connectivity index (χ3v) is 8.10. The Bertz CT molecular complexity index is 1300. The molecule has 8 nitrogen and oxygen atoms in total. The number of rotatable bonds is 6. The van der Waals surface area contributed by atoms with Crippen LogP contribution in [0.3, 0.4) is 0 Å². The molecular formula is C29H35N7O. The molecule has 0 radical (unpaired) electrons. The summed E-state index contributed by atoms with van der Waals surface area (Å²) in [5.74, 6) is 0.988. The van der Waals surface area contributed by atoms with Crippen molar-refractivity contribution in [3.05, 3.63) is 53.7 Å². The Morgan fingerprint density at radius 1 is 1.08 bits per heavy atom. The van der Waals surface area contributed by atoms with E-state index in [1.165, 1.54) is 28.4 Å². The van der Waals surface area contributed by atoms with Gasteiger partial charge in [0.2, 0.25) is 0 Å². The lowest BCUT2D eigenvalue weighted by molar-refractivity contribution is 0.187. The van der Waals surface area contributed by atoms with Crippen LogP contribution in [0.2, 0.25) is 0 Å². The van der Waals surface area contributed by atoms with Gasteiger partial charge in [-0.2, -0.15) is 15.2 Å². The van der Waals surface area contributed by atoms with Crippen molar-refractivity contribution >= 4 is 22.3 Å². The number of nitriles is 1. The van der Waals surface area contributed by atoms with E-state index in [2.05, 4.69) is 75.6 Å². The summed E-state index contributed by atoms with van der Waals surface area (Å²) < 4.78 is 6.27. The van der Waals surface area contributed by atoms with Crippen molar-refractivity contribution in [2.45, 2.75) is 44.3 Å². The van der Waals surface area contributed by atoms with Crippen LogP contribution in [0.4, 0.5) is 11.5 Å². The number of likely N-dealkylation sites (N-methyl/N-ethyl adjacent to an activating group) is 1. The maximum atomic E-state index is 9.26. The van der Waals surface area contributed by atoms with Crippen molar-refractivity contribution < 1.29 is 4.74 Å². The number of aromatic nitrogens is 2. The Labute approximate surface area is 218 Å². The molecule has 37 heavy (non-hydrogen) atoms. The second-order valence-electron chi connectivity index (χ2n) is 10.5. The molecule has 3 aromatic rings. The zero-order valence-electron chi connectivity index (χ0n) is 21.6. The molecule has 2 atom stereocenters. The van der Waals surface area contributed by atoms with Gasteiger partial charge in [0.1, 0.15) is 12.4 Å². The van der Waals surface area contributed by atoms with Crippen LogP contribution < -0.4 is 19.9 Å². The van der Waals surface area contributed by atoms with Gasteiger partial charge in [0.05, 0.1) is 24.7 Å². The van der Waals surface area contributed by atoms with E-state index in [0.29, 0.717) is 25.1 Å². The van der Waals surface area contributed by atoms with Crippen molar-refractivity contribution in [3.8, 4) is 12.1 Å². The Balaban J connectivity index is 1.32. The smallest absolute Gasteiger partial charge is 0.318 e. The lowest BCUT2D eigenvalue weighted by Gasteiger charge is -2.37. The number of hydrogen-bond donors (Lipinski definition) is 1. The van der Waals surface area contributed by atoms with Gasteiger partial charge >= 0.3 is 6.01 Å². The van der Waals surface area contributed by atoms with E-state index in [-0.39, 0.29) is 6.04 Å². The molecule has 3 aliphatic heterocycles. The van der Waals surface area contributed by atoms with E-state index >= 15 is 0 Å². The fraction of sp³-hybridized carbons (Fsp3) is 0.483. The van der Waals surface area contributed by atoms with Gasteiger partial charge in [0.15, 0.2) is 0 Å². The van der Waals surface area contributed by atoms with E-state index < -0.39 is 0 Å². The summed E-state index contributed by atoms with van der Waals surface area (Å²) >= 11 is 0. The average Bonchev–Trinajstić information content (AvgIpc) is 3.35. The lowest BCUT2D eigenvalue weighted by Crippen LogP contribution is -2.51. The molecule has 192 valence electrons. The quantitative estimate of drug-likeness (QED) is 0.555. The van der Waals surface area contributed by atoms with Crippen molar-refractivity contribution in [1.29, 1.82) is 5.26 Å². The van der Waals surface area contributed by atoms with E-state index in [0.717, 1.165) is 63.6 Å². The van der Waals surface area contributed by atoms with Crippen LogP contribution in [0.5, 0.6) is 6.01 Å². The molecule has 0 amide bonds. The van der Waals surface area contributed by atoms with Gasteiger partial charge in [-0.25, -0.2) is 0 Å². The molecule has 6 rings (SSSR count). The van der Waals surface area contributed by atoms with Crippen LogP contribution in [0.25, 0.3) is 10.8 Å². The Hall–Kier alpha value is -3.41. The Morgan fingerprint density at radius 3 is 2.84 bits per heavy atom. The topological polar surface area (TPSA) is 80.5 Å². The summed E-state index contributed by atoms with van der Waals surface area (Å²) in [6.07, 6.45) is 3.74. The molecule has 2 unspecified atom stereocenters. The van der Waals surface area contributed by atoms with Crippen LogP contribution >= 0.6 is 0 Å². The molecule has 0 saturated carbocycles. The minimum atomic E-state index is 0.150. The first-order valence-corrected chi connectivity index (χ1v) is 13.5. The summed E-state index contributed by atoms with van der Waals surface area (Å²) in [4.78, 5) is 17.1. The molecule has 1 N–H and O–H groups in total. The molecule has 0 spiro atoms. The van der Waals surface area contributed by atoms with Crippen LogP contribution in [0, 0.1) is 11.3 Å². The summed E-state index contributed by atoms with van der Waals surface area (Å²) in [5, 5.41) is 15.3. The number of nitrogens with one attached hydrogen (secondary N) is 1. The number of ether oxygens (including phenoxy) is 1. The molecular weight excluding hydrogens is 462 g/mol. The van der Waals surface area contributed by atoms with Crippen molar-refractivity contribution in [1.82, 2.24) is 20.2 Å². The monoisotopic (exact) mass is 497 g/mol. The molecule has 0 aliphatic carbocycles. The summed E-state index contributed by atoms with van der Waals surface area (Å²) in [5.41, 5.74) is 3.52. The van der Waals surface area contributed by atoms with Gasteiger partial charge in [0, 0.05) is 54.9 Å². The third kappa shape index (κ3) is 4.94. The summed E-state index contributed by atoms with van der Waals surface area (Å²) in [6, 6.07) is 18.5. The van der Waals surface area contributed by atoms with Crippen LogP contribution in [-0.4, -0.2) is 73.3 Å². The highest BCUT2D eigenvalue weighted by Crippen LogP contribution is 2.34. The lowest BCUT2D eigenvalue weighted by atomic mass is 10.0. The average molecular weight is 498 g/mol. The number of hydrogen-bond acceptors (Lipinski definition) is 8. The highest BCUT2D eigenvalue weighted by molar-refractivity contribution is 5.94. The van der Waals surface area contributed by atoms with E-state index in [4.69, 9.17) is 14.7 Å². The van der Waals surface area contributed by atoms with Crippen molar-refractivity contribution in [3.63, 3.8) is 0 Å². The summed E-state index contributed by atoms with van der Waals surface area (Å²) in [7, 11) is 2.16. The number of anilines is 2. The first kappa shape index (κ1) is 24.0. The van der Waals surface area contributed by atoms with E-state index in [9.17, 15) is 5.26 Å². The largest absolute Gasteiger partial charge is 0.462 e. The van der Waals surface area contributed by atoms with Crippen molar-refractivity contribution in [2.75, 3.05) is 56.2 Å². The van der Waals surface area contributed by atoms with Gasteiger partial charge < -0.3 is 24.8 Å². The van der Waals surface area contributed by atoms with E-state index in [1.807, 2.05) is 0 Å². The van der Waals surface area contributed by atoms with Gasteiger partial charge in [-0.05, 0) is 44.3 Å². The highest BCUT2D eigenvalue weighted by Gasteiger charge is 2.29. The predicted molar refractivity (Wildman–Crippen MR) is 146 cm³/mol. The number of piperazine rings is 1. The minimum Gasteiger partial charge on any atom is -0.462 e. The molecule has 4 heterocycles. The molecule has 1 aromatic heterocycles. The van der Waals surface area contributed by atoms with Gasteiger partial charge in [-0.1, -0.05) is 36.4 Å². The number of fused-ring (bicyclic) bond motifs is 2. The first-order chi connectivity index (χ1) is 18.2. The standard InChI is InChI=1S/C29H35N7O/c1-34-15-5-8-23(34)20-37-29-32-26-19-35(27-10-4-7-21-6-2-3-9-24(21)27)16-12-25(26)28(33-29)36-17-14-31-22(18-36)11-13-30/h2-4,6-7,9-10,22-23,31H,5,8,11-12,14-20H2,1H3. The molecule has 2 fully saturated rings. The van der Waals surface area contributed by atoms with Crippen LogP contribution in [0.1, 0.15) is 30.5 Å². The van der Waals surface area contributed by atoms with Gasteiger partial charge in [-0.3, -0.25) is 0 Å². The first-order valence-electron chi connectivity index (χ1n) is 13.5. The molecule has 3 aliphatic rings. The van der Waals surface area contributed by atoms with E-state index in [1.54, 1.807) is 0 Å². The fourth-order valence-corrected chi connectivity index (χ4v) is 6.03. The number of likely N-dealkylation sites (tertiary alicyclic amines) is 1. The molecule has 2 saturated heterocycles. The predicted octanol–water partition coefficient (Wildman–Crippen LogP) is 3.36. The molecule has 2 aromatic carbocycles. The Kier molecular flexibility index (Phi) is 6.81. The SMILES string of the molecule is CN1CCCC1COc1nc2c(c(N3CCNC(CC#N)C3)n1)CCN(c1cccc3ccccc13)C2. The molecule has 8 heteroatoms. The van der Waals surface area contributed by atoms with Gasteiger partial charge in [0.25, 0.3) is 0 Å². The second-order valence-corrected chi connectivity index (χ2v) is 10.5. The minimum absolute atomic E-state index is 0.150. The number of benzene rings is 2. The normalized spacial score (nSPS) is 22.2. The van der Waals surface area contributed by atoms with Crippen molar-refractivity contribution in [2.24, 2.45) is 0 Å². The maximum Gasteiger partial charge on any atom is 0.318 e. The van der Waals surface area contributed by atoms with Crippen LogP contribution in [-0.2, 0) is 13.0 Å². The number of nitrogens with zero attached hydrogens (tertiary/aromatic N) is 6. The maximum absolute atomic E-state index is 9.26. The Morgan fingerprint density at radius 2 is 1.97 bits per heavy atom. The highest BCUT2D eigenvalue weighted by atomic mass is 16.5. The molecule has 0 bridgehead atoms. The van der Waals surface area contributed by atoms with Crippen LogP contribution in [0.15, 0.2) is 42.5 Å².